The van der Waals surface area contributed by atoms with Crippen LogP contribution in [0.5, 0.6) is 17.2 Å². The molecule has 0 saturated heterocycles. The molecule has 1 aromatic rings. The van der Waals surface area contributed by atoms with Crippen LogP contribution in [0.15, 0.2) is 17.2 Å². The van der Waals surface area contributed by atoms with Gasteiger partial charge in [0.1, 0.15) is 0 Å². The smallest absolute Gasteiger partial charge is 0.239 e. The Morgan fingerprint density at radius 2 is 1.76 bits per heavy atom. The first kappa shape index (κ1) is 15.2. The van der Waals surface area contributed by atoms with E-state index in [0.717, 1.165) is 11.3 Å². The highest BCUT2D eigenvalue weighted by atomic mass is 16.5. The SMILES string of the molecule is COc1cc(C2=NN(C(C)=O)C(C)C2)cc(OC)c1OC. The fourth-order valence-electron chi connectivity index (χ4n) is 2.44. The Hall–Kier alpha value is -2.24. The summed E-state index contributed by atoms with van der Waals surface area (Å²) in [5.74, 6) is 1.62. The molecule has 1 heterocycles. The molecule has 114 valence electrons. The van der Waals surface area contributed by atoms with Crippen molar-refractivity contribution in [2.24, 2.45) is 5.10 Å². The zero-order valence-electron chi connectivity index (χ0n) is 13.0. The van der Waals surface area contributed by atoms with Crippen molar-refractivity contribution in [2.45, 2.75) is 26.3 Å². The second-order valence-electron chi connectivity index (χ2n) is 4.88. The third-order valence-corrected chi connectivity index (χ3v) is 3.46. The molecule has 21 heavy (non-hydrogen) atoms. The number of hydrazone groups is 1. The molecule has 2 rings (SSSR count). The molecule has 0 saturated carbocycles. The average molecular weight is 292 g/mol. The number of amides is 1. The predicted octanol–water partition coefficient (Wildman–Crippen LogP) is 2.06. The largest absolute Gasteiger partial charge is 0.493 e. The van der Waals surface area contributed by atoms with E-state index in [1.807, 2.05) is 19.1 Å². The molecule has 6 nitrogen and oxygen atoms in total. The lowest BCUT2D eigenvalue weighted by atomic mass is 10.0. The number of methoxy groups -OCH3 is 3. The molecule has 0 radical (unpaired) electrons. The fourth-order valence-corrected chi connectivity index (χ4v) is 2.44. The van der Waals surface area contributed by atoms with Crippen molar-refractivity contribution in [3.05, 3.63) is 17.7 Å². The van der Waals surface area contributed by atoms with Gasteiger partial charge in [0.15, 0.2) is 11.5 Å². The van der Waals surface area contributed by atoms with Crippen LogP contribution in [0, 0.1) is 0 Å². The van der Waals surface area contributed by atoms with Gasteiger partial charge in [0.25, 0.3) is 0 Å². The van der Waals surface area contributed by atoms with Gasteiger partial charge in [0, 0.05) is 18.9 Å². The second kappa shape index (κ2) is 6.03. The van der Waals surface area contributed by atoms with Crippen LogP contribution in [0.4, 0.5) is 0 Å². The molecule has 0 aromatic heterocycles. The summed E-state index contributed by atoms with van der Waals surface area (Å²) in [6.07, 6.45) is 0.693. The number of ether oxygens (including phenoxy) is 3. The average Bonchev–Trinajstić information content (AvgIpc) is 2.87. The molecule has 0 aliphatic carbocycles. The Bertz CT molecular complexity index is 558. The maximum Gasteiger partial charge on any atom is 0.239 e. The molecule has 1 aliphatic heterocycles. The number of carbonyl (C=O) groups is 1. The summed E-state index contributed by atoms with van der Waals surface area (Å²) in [5.41, 5.74) is 1.69. The van der Waals surface area contributed by atoms with E-state index in [0.29, 0.717) is 23.7 Å². The molecule has 1 atom stereocenters. The van der Waals surface area contributed by atoms with Crippen LogP contribution in [-0.4, -0.2) is 44.0 Å². The van der Waals surface area contributed by atoms with E-state index in [-0.39, 0.29) is 11.9 Å². The summed E-state index contributed by atoms with van der Waals surface area (Å²) in [5, 5.41) is 5.89. The minimum Gasteiger partial charge on any atom is -0.493 e. The lowest BCUT2D eigenvalue weighted by molar-refractivity contribution is -0.130. The zero-order valence-corrected chi connectivity index (χ0v) is 13.0. The second-order valence-corrected chi connectivity index (χ2v) is 4.88. The molecule has 1 amide bonds. The van der Waals surface area contributed by atoms with Crippen molar-refractivity contribution in [3.8, 4) is 17.2 Å². The van der Waals surface area contributed by atoms with E-state index in [2.05, 4.69) is 5.10 Å². The number of rotatable bonds is 4. The summed E-state index contributed by atoms with van der Waals surface area (Å²) in [6.45, 7) is 3.48. The van der Waals surface area contributed by atoms with Crippen molar-refractivity contribution >= 4 is 11.6 Å². The van der Waals surface area contributed by atoms with Gasteiger partial charge in [-0.05, 0) is 19.1 Å². The minimum absolute atomic E-state index is 0.0524. The molecular weight excluding hydrogens is 272 g/mol. The highest BCUT2D eigenvalue weighted by Crippen LogP contribution is 2.39. The third-order valence-electron chi connectivity index (χ3n) is 3.46. The van der Waals surface area contributed by atoms with Gasteiger partial charge < -0.3 is 14.2 Å². The summed E-state index contributed by atoms with van der Waals surface area (Å²) < 4.78 is 16.0. The van der Waals surface area contributed by atoms with Crippen LogP contribution in [0.2, 0.25) is 0 Å². The highest BCUT2D eigenvalue weighted by molar-refractivity contribution is 6.03. The molecule has 1 unspecified atom stereocenters. The third kappa shape index (κ3) is 2.79. The molecule has 1 aromatic carbocycles. The predicted molar refractivity (Wildman–Crippen MR) is 79.2 cm³/mol. The Balaban J connectivity index is 2.46. The van der Waals surface area contributed by atoms with Gasteiger partial charge in [-0.15, -0.1) is 0 Å². The number of benzene rings is 1. The first-order valence-electron chi connectivity index (χ1n) is 6.69. The van der Waals surface area contributed by atoms with E-state index in [4.69, 9.17) is 14.2 Å². The van der Waals surface area contributed by atoms with Gasteiger partial charge in [-0.2, -0.15) is 5.10 Å². The monoisotopic (exact) mass is 292 g/mol. The maximum absolute atomic E-state index is 11.5. The maximum atomic E-state index is 11.5. The van der Waals surface area contributed by atoms with Crippen LogP contribution < -0.4 is 14.2 Å². The number of nitrogens with zero attached hydrogens (tertiary/aromatic N) is 2. The van der Waals surface area contributed by atoms with Crippen molar-refractivity contribution < 1.29 is 19.0 Å². The number of carbonyl (C=O) groups excluding carboxylic acids is 1. The summed E-state index contributed by atoms with van der Waals surface area (Å²) in [4.78, 5) is 11.5. The van der Waals surface area contributed by atoms with Gasteiger partial charge in [-0.3, -0.25) is 4.79 Å². The Morgan fingerprint density at radius 3 is 2.14 bits per heavy atom. The normalized spacial score (nSPS) is 17.5. The standard InChI is InChI=1S/C15H20N2O4/c1-9-6-12(16-17(9)10(2)18)11-7-13(19-3)15(21-5)14(8-11)20-4/h7-9H,6H2,1-5H3. The molecule has 0 fully saturated rings. The van der Waals surface area contributed by atoms with Gasteiger partial charge >= 0.3 is 0 Å². The van der Waals surface area contributed by atoms with Gasteiger partial charge in [0.2, 0.25) is 11.7 Å². The van der Waals surface area contributed by atoms with Gasteiger partial charge in [0.05, 0.1) is 33.1 Å². The van der Waals surface area contributed by atoms with Gasteiger partial charge in [-0.1, -0.05) is 0 Å². The fraction of sp³-hybridized carbons (Fsp3) is 0.467. The van der Waals surface area contributed by atoms with Crippen LogP contribution in [-0.2, 0) is 4.79 Å². The van der Waals surface area contributed by atoms with E-state index < -0.39 is 0 Å². The lowest BCUT2D eigenvalue weighted by Gasteiger charge is -2.14. The van der Waals surface area contributed by atoms with Crippen LogP contribution in [0.3, 0.4) is 0 Å². The van der Waals surface area contributed by atoms with Crippen molar-refractivity contribution in [3.63, 3.8) is 0 Å². The van der Waals surface area contributed by atoms with E-state index >= 15 is 0 Å². The van der Waals surface area contributed by atoms with E-state index in [1.54, 1.807) is 21.3 Å². The van der Waals surface area contributed by atoms with Crippen LogP contribution in [0.1, 0.15) is 25.8 Å². The Labute approximate surface area is 124 Å². The quantitative estimate of drug-likeness (QED) is 0.852. The van der Waals surface area contributed by atoms with E-state index in [1.165, 1.54) is 11.9 Å². The minimum atomic E-state index is -0.0649. The van der Waals surface area contributed by atoms with Crippen LogP contribution >= 0.6 is 0 Å². The summed E-state index contributed by atoms with van der Waals surface area (Å²) in [6, 6.07) is 3.74. The molecule has 0 spiro atoms. The molecule has 1 aliphatic rings. The number of hydrogen-bond acceptors (Lipinski definition) is 5. The first-order chi connectivity index (χ1) is 10.0. The molecular formula is C15H20N2O4. The van der Waals surface area contributed by atoms with E-state index in [9.17, 15) is 4.79 Å². The molecule has 6 heteroatoms. The molecule has 0 N–H and O–H groups in total. The Morgan fingerprint density at radius 1 is 1.19 bits per heavy atom. The molecule has 0 bridgehead atoms. The Kier molecular flexibility index (Phi) is 4.35. The van der Waals surface area contributed by atoms with Crippen molar-refractivity contribution in [1.82, 2.24) is 5.01 Å². The van der Waals surface area contributed by atoms with Gasteiger partial charge in [-0.25, -0.2) is 5.01 Å². The van der Waals surface area contributed by atoms with Crippen molar-refractivity contribution in [1.29, 1.82) is 0 Å². The summed E-state index contributed by atoms with van der Waals surface area (Å²) >= 11 is 0. The highest BCUT2D eigenvalue weighted by Gasteiger charge is 2.27. The van der Waals surface area contributed by atoms with Crippen molar-refractivity contribution in [2.75, 3.05) is 21.3 Å². The van der Waals surface area contributed by atoms with Crippen LogP contribution in [0.25, 0.3) is 0 Å². The first-order valence-corrected chi connectivity index (χ1v) is 6.69. The lowest BCUT2D eigenvalue weighted by Crippen LogP contribution is -2.27. The topological polar surface area (TPSA) is 60.4 Å². The summed E-state index contributed by atoms with van der Waals surface area (Å²) in [7, 11) is 4.71. The number of hydrogen-bond donors (Lipinski definition) is 0. The zero-order chi connectivity index (χ0) is 15.6.